The minimum Gasteiger partial charge on any atom is -0.444 e. The van der Waals surface area contributed by atoms with E-state index in [1.807, 2.05) is 20.8 Å². The first-order chi connectivity index (χ1) is 8.99. The fourth-order valence-corrected chi connectivity index (χ4v) is 2.05. The number of rotatable bonds is 2. The molecule has 1 fully saturated rings. The van der Waals surface area contributed by atoms with Gasteiger partial charge in [-0.25, -0.2) is 4.79 Å². The number of hydrogen-bond donors (Lipinski definition) is 1. The summed E-state index contributed by atoms with van der Waals surface area (Å²) >= 11 is 0. The average molecular weight is 284 g/mol. The molecule has 116 valence electrons. The smallest absolute Gasteiger partial charge is 0.410 e. The molecule has 1 heterocycles. The van der Waals surface area contributed by atoms with Crippen molar-refractivity contribution in [2.75, 3.05) is 13.1 Å². The molecule has 1 N–H and O–H groups in total. The van der Waals surface area contributed by atoms with Crippen LogP contribution in [-0.2, 0) is 9.53 Å². The molecule has 5 nitrogen and oxygen atoms in total. The third-order valence-electron chi connectivity index (χ3n) is 2.98. The molecule has 0 aromatic carbocycles. The molecule has 1 unspecified atom stereocenters. The zero-order valence-electron chi connectivity index (χ0n) is 13.6. The number of likely N-dealkylation sites (tertiary alicyclic amines) is 1. The van der Waals surface area contributed by atoms with Gasteiger partial charge in [-0.3, -0.25) is 9.69 Å². The molecule has 1 aliphatic heterocycles. The number of amides is 2. The number of ether oxygens (including phenoxy) is 1. The monoisotopic (exact) mass is 284 g/mol. The molecular formula is C15H28N2O3. The van der Waals surface area contributed by atoms with Gasteiger partial charge < -0.3 is 10.1 Å². The highest BCUT2D eigenvalue weighted by molar-refractivity contribution is 5.86. The van der Waals surface area contributed by atoms with Crippen molar-refractivity contribution in [2.24, 2.45) is 5.41 Å². The van der Waals surface area contributed by atoms with Crippen LogP contribution in [0.15, 0.2) is 0 Å². The van der Waals surface area contributed by atoms with E-state index in [-0.39, 0.29) is 11.3 Å². The lowest BCUT2D eigenvalue weighted by Crippen LogP contribution is -2.48. The van der Waals surface area contributed by atoms with Crippen molar-refractivity contribution in [3.05, 3.63) is 0 Å². The number of nitrogens with zero attached hydrogens (tertiary/aromatic N) is 1. The van der Waals surface area contributed by atoms with Crippen molar-refractivity contribution in [1.82, 2.24) is 10.2 Å². The Labute approximate surface area is 122 Å². The van der Waals surface area contributed by atoms with Crippen molar-refractivity contribution >= 4 is 12.0 Å². The highest BCUT2D eigenvalue weighted by atomic mass is 16.6. The standard InChI is InChI=1S/C15H28N2O3/c1-14(2,3)10-16-12(18)11-8-7-9-17(11)13(19)20-15(4,5)6/h11H,7-10H2,1-6H3,(H,16,18). The van der Waals surface area contributed by atoms with Crippen LogP contribution < -0.4 is 5.32 Å². The van der Waals surface area contributed by atoms with E-state index in [4.69, 9.17) is 4.74 Å². The maximum absolute atomic E-state index is 12.2. The summed E-state index contributed by atoms with van der Waals surface area (Å²) in [5, 5.41) is 2.92. The van der Waals surface area contributed by atoms with Crippen molar-refractivity contribution in [1.29, 1.82) is 0 Å². The fraction of sp³-hybridized carbons (Fsp3) is 0.867. The summed E-state index contributed by atoms with van der Waals surface area (Å²) in [6, 6.07) is -0.396. The molecule has 0 bridgehead atoms. The van der Waals surface area contributed by atoms with Gasteiger partial charge in [0.15, 0.2) is 0 Å². The summed E-state index contributed by atoms with van der Waals surface area (Å²) in [5.41, 5.74) is -0.503. The normalized spacial score (nSPS) is 19.9. The predicted molar refractivity (Wildman–Crippen MR) is 78.4 cm³/mol. The number of nitrogens with one attached hydrogen (secondary N) is 1. The van der Waals surface area contributed by atoms with Crippen LogP contribution in [-0.4, -0.2) is 41.6 Å². The molecule has 2 amide bonds. The SMILES string of the molecule is CC(C)(C)CNC(=O)C1CCCN1C(=O)OC(C)(C)C. The Hall–Kier alpha value is -1.26. The van der Waals surface area contributed by atoms with Gasteiger partial charge in [0.2, 0.25) is 5.91 Å². The Morgan fingerprint density at radius 1 is 1.20 bits per heavy atom. The zero-order valence-corrected chi connectivity index (χ0v) is 13.6. The molecule has 5 heteroatoms. The maximum Gasteiger partial charge on any atom is 0.410 e. The summed E-state index contributed by atoms with van der Waals surface area (Å²) in [6.07, 6.45) is 1.15. The van der Waals surface area contributed by atoms with Gasteiger partial charge in [0.25, 0.3) is 0 Å². The number of carbonyl (C=O) groups excluding carboxylic acids is 2. The fourth-order valence-electron chi connectivity index (χ4n) is 2.05. The molecule has 0 saturated carbocycles. The van der Waals surface area contributed by atoms with E-state index in [2.05, 4.69) is 26.1 Å². The second kappa shape index (κ2) is 6.02. The molecule has 0 aromatic heterocycles. The lowest BCUT2D eigenvalue weighted by atomic mass is 9.97. The van der Waals surface area contributed by atoms with Gasteiger partial charge in [-0.1, -0.05) is 20.8 Å². The van der Waals surface area contributed by atoms with Crippen molar-refractivity contribution in [3.63, 3.8) is 0 Å². The lowest BCUT2D eigenvalue weighted by molar-refractivity contribution is -0.125. The van der Waals surface area contributed by atoms with E-state index < -0.39 is 17.7 Å². The van der Waals surface area contributed by atoms with Gasteiger partial charge in [0.1, 0.15) is 11.6 Å². The molecule has 1 saturated heterocycles. The van der Waals surface area contributed by atoms with E-state index in [0.29, 0.717) is 19.5 Å². The molecule has 1 rings (SSSR count). The largest absolute Gasteiger partial charge is 0.444 e. The topological polar surface area (TPSA) is 58.6 Å². The van der Waals surface area contributed by atoms with Gasteiger partial charge in [0, 0.05) is 13.1 Å². The number of hydrogen-bond acceptors (Lipinski definition) is 3. The number of carbonyl (C=O) groups is 2. The molecule has 1 atom stereocenters. The van der Waals surface area contributed by atoms with Gasteiger partial charge >= 0.3 is 6.09 Å². The molecule has 0 aromatic rings. The van der Waals surface area contributed by atoms with Crippen LogP contribution in [0.25, 0.3) is 0 Å². The first kappa shape index (κ1) is 16.8. The third-order valence-corrected chi connectivity index (χ3v) is 2.98. The summed E-state index contributed by atoms with van der Waals surface area (Å²) in [4.78, 5) is 25.9. The molecular weight excluding hydrogens is 256 g/mol. The second-order valence-corrected chi connectivity index (χ2v) is 7.61. The third kappa shape index (κ3) is 5.39. The van der Waals surface area contributed by atoms with Gasteiger partial charge in [-0.15, -0.1) is 0 Å². The predicted octanol–water partition coefficient (Wildman–Crippen LogP) is 2.55. The maximum atomic E-state index is 12.2. The minimum atomic E-state index is -0.536. The van der Waals surface area contributed by atoms with E-state index >= 15 is 0 Å². The van der Waals surface area contributed by atoms with Crippen LogP contribution in [0.5, 0.6) is 0 Å². The average Bonchev–Trinajstić information content (AvgIpc) is 2.71. The first-order valence-corrected chi connectivity index (χ1v) is 7.27. The Balaban J connectivity index is 2.60. The van der Waals surface area contributed by atoms with Crippen LogP contribution in [0, 0.1) is 5.41 Å². The summed E-state index contributed by atoms with van der Waals surface area (Å²) in [6.45, 7) is 12.9. The zero-order chi connectivity index (χ0) is 15.6. The Bertz CT molecular complexity index is 366. The van der Waals surface area contributed by atoms with E-state index in [0.717, 1.165) is 6.42 Å². The van der Waals surface area contributed by atoms with Gasteiger partial charge in [-0.2, -0.15) is 0 Å². The van der Waals surface area contributed by atoms with Crippen LogP contribution in [0.2, 0.25) is 0 Å². The minimum absolute atomic E-state index is 0.0328. The highest BCUT2D eigenvalue weighted by Gasteiger charge is 2.36. The molecule has 0 aliphatic carbocycles. The van der Waals surface area contributed by atoms with E-state index in [9.17, 15) is 9.59 Å². The first-order valence-electron chi connectivity index (χ1n) is 7.27. The molecule has 0 radical (unpaired) electrons. The van der Waals surface area contributed by atoms with Crippen molar-refractivity contribution in [2.45, 2.75) is 66.0 Å². The van der Waals surface area contributed by atoms with Crippen LogP contribution >= 0.6 is 0 Å². The Morgan fingerprint density at radius 3 is 2.30 bits per heavy atom. The van der Waals surface area contributed by atoms with Crippen LogP contribution in [0.3, 0.4) is 0 Å². The van der Waals surface area contributed by atoms with Gasteiger partial charge in [0.05, 0.1) is 0 Å². The van der Waals surface area contributed by atoms with Crippen molar-refractivity contribution in [3.8, 4) is 0 Å². The van der Waals surface area contributed by atoms with Gasteiger partial charge in [-0.05, 0) is 39.0 Å². The highest BCUT2D eigenvalue weighted by Crippen LogP contribution is 2.21. The van der Waals surface area contributed by atoms with E-state index in [1.54, 1.807) is 4.90 Å². The molecule has 20 heavy (non-hydrogen) atoms. The molecule has 1 aliphatic rings. The van der Waals surface area contributed by atoms with E-state index in [1.165, 1.54) is 0 Å². The second-order valence-electron chi connectivity index (χ2n) is 7.61. The summed E-state index contributed by atoms with van der Waals surface area (Å²) in [5.74, 6) is -0.0803. The summed E-state index contributed by atoms with van der Waals surface area (Å²) < 4.78 is 5.35. The Morgan fingerprint density at radius 2 is 1.80 bits per heavy atom. The summed E-state index contributed by atoms with van der Waals surface area (Å²) in [7, 11) is 0. The molecule has 0 spiro atoms. The van der Waals surface area contributed by atoms with Crippen molar-refractivity contribution < 1.29 is 14.3 Å². The lowest BCUT2D eigenvalue weighted by Gasteiger charge is -2.28. The quantitative estimate of drug-likeness (QED) is 0.847. The Kier molecular flexibility index (Phi) is 5.05. The van der Waals surface area contributed by atoms with Crippen LogP contribution in [0.4, 0.5) is 4.79 Å². The van der Waals surface area contributed by atoms with Crippen LogP contribution in [0.1, 0.15) is 54.4 Å².